The predicted molar refractivity (Wildman–Crippen MR) is 114 cm³/mol. The van der Waals surface area contributed by atoms with Crippen LogP contribution >= 0.6 is 0 Å². The maximum Gasteiger partial charge on any atom is 0.140 e. The number of likely N-dealkylation sites (N-methyl/N-ethyl adjacent to an activating group) is 1. The summed E-state index contributed by atoms with van der Waals surface area (Å²) >= 11 is 0. The van der Waals surface area contributed by atoms with Crippen LogP contribution in [-0.4, -0.2) is 38.1 Å². The summed E-state index contributed by atoms with van der Waals surface area (Å²) < 4.78 is 6.17. The summed E-state index contributed by atoms with van der Waals surface area (Å²) in [4.78, 5) is 6.29. The SMILES string of the molecule is CCCc1cnn(C/C(=C(/N)c2ccc(OC3CCCCC3)c(C)n2)N(C)N)n1. The molecule has 0 bridgehead atoms. The Morgan fingerprint density at radius 2 is 2.03 bits per heavy atom. The Morgan fingerprint density at radius 1 is 1.28 bits per heavy atom. The lowest BCUT2D eigenvalue weighted by Crippen LogP contribution is -2.31. The van der Waals surface area contributed by atoms with E-state index in [4.69, 9.17) is 16.3 Å². The monoisotopic (exact) mass is 399 g/mol. The van der Waals surface area contributed by atoms with Gasteiger partial charge >= 0.3 is 0 Å². The van der Waals surface area contributed by atoms with Crippen molar-refractivity contribution in [3.05, 3.63) is 41.1 Å². The highest BCUT2D eigenvalue weighted by molar-refractivity contribution is 5.63. The van der Waals surface area contributed by atoms with Gasteiger partial charge in [0, 0.05) is 7.05 Å². The average molecular weight is 400 g/mol. The Morgan fingerprint density at radius 3 is 2.69 bits per heavy atom. The van der Waals surface area contributed by atoms with Crippen molar-refractivity contribution in [1.82, 2.24) is 25.0 Å². The first-order valence-corrected chi connectivity index (χ1v) is 10.5. The topological polar surface area (TPSA) is 108 Å². The molecule has 4 N–H and O–H groups in total. The molecule has 0 unspecified atom stereocenters. The number of aromatic nitrogens is 4. The predicted octanol–water partition coefficient (Wildman–Crippen LogP) is 2.78. The van der Waals surface area contributed by atoms with Crippen LogP contribution in [-0.2, 0) is 13.0 Å². The Labute approximate surface area is 172 Å². The van der Waals surface area contributed by atoms with Gasteiger partial charge in [-0.2, -0.15) is 15.0 Å². The molecule has 0 aromatic carbocycles. The molecule has 0 saturated heterocycles. The van der Waals surface area contributed by atoms with Crippen molar-refractivity contribution in [3.8, 4) is 5.75 Å². The lowest BCUT2D eigenvalue weighted by Gasteiger charge is -2.24. The molecule has 8 heteroatoms. The number of ether oxygens (including phenoxy) is 1. The highest BCUT2D eigenvalue weighted by Gasteiger charge is 2.18. The van der Waals surface area contributed by atoms with Crippen molar-refractivity contribution < 1.29 is 4.74 Å². The van der Waals surface area contributed by atoms with Gasteiger partial charge in [0.05, 0.1) is 40.8 Å². The van der Waals surface area contributed by atoms with Crippen LogP contribution in [0.3, 0.4) is 0 Å². The van der Waals surface area contributed by atoms with Gasteiger partial charge in [0.15, 0.2) is 0 Å². The zero-order valence-corrected chi connectivity index (χ0v) is 17.8. The second kappa shape index (κ2) is 9.73. The summed E-state index contributed by atoms with van der Waals surface area (Å²) in [6.07, 6.45) is 10.00. The minimum absolute atomic E-state index is 0.289. The molecule has 1 aliphatic carbocycles. The van der Waals surface area contributed by atoms with Crippen LogP contribution in [0.2, 0.25) is 0 Å². The number of nitrogens with two attached hydrogens (primary N) is 2. The van der Waals surface area contributed by atoms with Crippen LogP contribution in [0.25, 0.3) is 5.70 Å². The molecule has 29 heavy (non-hydrogen) atoms. The van der Waals surface area contributed by atoms with Gasteiger partial charge in [-0.15, -0.1) is 0 Å². The number of hydrogen-bond acceptors (Lipinski definition) is 7. The van der Waals surface area contributed by atoms with E-state index in [9.17, 15) is 0 Å². The van der Waals surface area contributed by atoms with E-state index in [-0.39, 0.29) is 6.10 Å². The number of pyridine rings is 1. The molecule has 1 saturated carbocycles. The summed E-state index contributed by atoms with van der Waals surface area (Å²) in [6, 6.07) is 3.85. The number of aryl methyl sites for hydroxylation is 2. The van der Waals surface area contributed by atoms with Gasteiger partial charge in [-0.3, -0.25) is 0 Å². The molecule has 0 amide bonds. The first-order chi connectivity index (χ1) is 14.0. The van der Waals surface area contributed by atoms with E-state index in [1.807, 2.05) is 19.1 Å². The quantitative estimate of drug-likeness (QED) is 0.519. The van der Waals surface area contributed by atoms with Crippen LogP contribution in [0.5, 0.6) is 5.75 Å². The van der Waals surface area contributed by atoms with Gasteiger partial charge in [0.1, 0.15) is 12.3 Å². The molecule has 8 nitrogen and oxygen atoms in total. The fourth-order valence-electron chi connectivity index (χ4n) is 3.63. The zero-order chi connectivity index (χ0) is 20.8. The number of hydrogen-bond donors (Lipinski definition) is 2. The smallest absolute Gasteiger partial charge is 0.140 e. The van der Waals surface area contributed by atoms with E-state index >= 15 is 0 Å². The van der Waals surface area contributed by atoms with E-state index in [0.29, 0.717) is 23.6 Å². The maximum absolute atomic E-state index is 6.44. The highest BCUT2D eigenvalue weighted by Crippen LogP contribution is 2.26. The van der Waals surface area contributed by atoms with E-state index in [1.54, 1.807) is 18.0 Å². The Kier molecular flexibility index (Phi) is 7.09. The maximum atomic E-state index is 6.44. The lowest BCUT2D eigenvalue weighted by molar-refractivity contribution is 0.153. The Hall–Kier alpha value is -2.61. The molecule has 2 aromatic heterocycles. The van der Waals surface area contributed by atoms with Gasteiger partial charge < -0.3 is 15.5 Å². The summed E-state index contributed by atoms with van der Waals surface area (Å²) in [5, 5.41) is 10.3. The molecule has 2 aromatic rings. The molecule has 158 valence electrons. The molecule has 0 atom stereocenters. The summed E-state index contributed by atoms with van der Waals surface area (Å²) in [7, 11) is 1.76. The lowest BCUT2D eigenvalue weighted by atomic mass is 9.98. The highest BCUT2D eigenvalue weighted by atomic mass is 16.5. The van der Waals surface area contributed by atoms with Gasteiger partial charge in [-0.25, -0.2) is 10.8 Å². The Bertz CT molecular complexity index is 837. The van der Waals surface area contributed by atoms with E-state index in [2.05, 4.69) is 22.1 Å². The molecular formula is C21H33N7O. The Balaban J connectivity index is 1.79. The summed E-state index contributed by atoms with van der Waals surface area (Å²) in [5.74, 6) is 6.88. The third-order valence-electron chi connectivity index (χ3n) is 5.28. The van der Waals surface area contributed by atoms with Crippen molar-refractivity contribution in [2.24, 2.45) is 11.6 Å². The van der Waals surface area contributed by atoms with Crippen molar-refractivity contribution in [3.63, 3.8) is 0 Å². The van der Waals surface area contributed by atoms with Crippen LogP contribution in [0.1, 0.15) is 62.5 Å². The van der Waals surface area contributed by atoms with Crippen molar-refractivity contribution in [1.29, 1.82) is 0 Å². The minimum Gasteiger partial charge on any atom is -0.489 e. The zero-order valence-electron chi connectivity index (χ0n) is 17.8. The first kappa shape index (κ1) is 21.1. The number of rotatable bonds is 8. The molecular weight excluding hydrogens is 366 g/mol. The van der Waals surface area contributed by atoms with Crippen molar-refractivity contribution in [2.75, 3.05) is 7.05 Å². The second-order valence-corrected chi connectivity index (χ2v) is 7.75. The molecule has 1 fully saturated rings. The van der Waals surface area contributed by atoms with E-state index < -0.39 is 0 Å². The molecule has 3 rings (SSSR count). The van der Waals surface area contributed by atoms with Crippen LogP contribution in [0.15, 0.2) is 24.0 Å². The number of nitrogens with zero attached hydrogens (tertiary/aromatic N) is 5. The second-order valence-electron chi connectivity index (χ2n) is 7.75. The fourth-order valence-corrected chi connectivity index (χ4v) is 3.63. The van der Waals surface area contributed by atoms with Crippen molar-refractivity contribution >= 4 is 5.70 Å². The molecule has 1 aliphatic rings. The first-order valence-electron chi connectivity index (χ1n) is 10.5. The fraction of sp³-hybridized carbons (Fsp3) is 0.571. The average Bonchev–Trinajstić information content (AvgIpc) is 3.15. The van der Waals surface area contributed by atoms with Crippen LogP contribution in [0, 0.1) is 6.92 Å². The normalized spacial score (nSPS) is 15.9. The molecule has 2 heterocycles. The minimum atomic E-state index is 0.289. The number of allylic oxidation sites excluding steroid dienone is 1. The summed E-state index contributed by atoms with van der Waals surface area (Å²) in [6.45, 7) is 4.45. The van der Waals surface area contributed by atoms with Crippen molar-refractivity contribution in [2.45, 2.75) is 71.4 Å². The van der Waals surface area contributed by atoms with Crippen LogP contribution in [0.4, 0.5) is 0 Å². The van der Waals surface area contributed by atoms with Gasteiger partial charge in [-0.05, 0) is 51.2 Å². The molecule has 0 spiro atoms. The summed E-state index contributed by atoms with van der Waals surface area (Å²) in [5.41, 5.74) is 10.1. The van der Waals surface area contributed by atoms with Gasteiger partial charge in [0.25, 0.3) is 0 Å². The standard InChI is InChI=1S/C21H33N7O/c1-4-8-16-13-24-28(26-16)14-19(27(3)23)21(22)18-11-12-20(15(2)25-18)29-17-9-6-5-7-10-17/h11-13,17H,4-10,14,22-23H2,1-3H3/b21-19-. The van der Waals surface area contributed by atoms with E-state index in [0.717, 1.165) is 42.8 Å². The molecule has 0 aliphatic heterocycles. The van der Waals surface area contributed by atoms with E-state index in [1.165, 1.54) is 24.3 Å². The third kappa shape index (κ3) is 5.47. The molecule has 0 radical (unpaired) electrons. The van der Waals surface area contributed by atoms with Gasteiger partial charge in [0.2, 0.25) is 0 Å². The van der Waals surface area contributed by atoms with Crippen LogP contribution < -0.4 is 16.3 Å². The van der Waals surface area contributed by atoms with Gasteiger partial charge in [-0.1, -0.05) is 19.8 Å². The number of hydrazine groups is 1. The largest absolute Gasteiger partial charge is 0.489 e. The third-order valence-corrected chi connectivity index (χ3v) is 5.28.